The molecule has 18 nitrogen and oxygen atoms in total. The van der Waals surface area contributed by atoms with Gasteiger partial charge in [0, 0.05) is 130 Å². The van der Waals surface area contributed by atoms with E-state index in [0.29, 0.717) is 137 Å². The molecule has 85 heavy (non-hydrogen) atoms. The zero-order valence-electron chi connectivity index (χ0n) is 49.0. The minimum Gasteiger partial charge on any atom is -0.508 e. The van der Waals surface area contributed by atoms with Crippen LogP contribution in [0.3, 0.4) is 0 Å². The largest absolute Gasteiger partial charge is 0.508 e. The Kier molecular flexibility index (Phi) is 20.1. The Labute approximate surface area is 493 Å². The zero-order valence-corrected chi connectivity index (χ0v) is 49.0. The van der Waals surface area contributed by atoms with Crippen LogP contribution < -0.4 is 37.9 Å². The summed E-state index contributed by atoms with van der Waals surface area (Å²) in [5.74, 6) is 3.39. The third-order valence-electron chi connectivity index (χ3n) is 14.6. The van der Waals surface area contributed by atoms with Gasteiger partial charge in [-0.1, -0.05) is 0 Å². The molecule has 0 spiro atoms. The highest BCUT2D eigenvalue weighted by molar-refractivity contribution is 5.61. The van der Waals surface area contributed by atoms with Crippen molar-refractivity contribution in [2.24, 2.45) is 0 Å². The average Bonchev–Trinajstić information content (AvgIpc) is 3.19. The van der Waals surface area contributed by atoms with E-state index < -0.39 is 0 Å². The van der Waals surface area contributed by atoms with Crippen molar-refractivity contribution in [3.05, 3.63) is 187 Å². The Morgan fingerprint density at radius 2 is 0.506 bits per heavy atom. The molecule has 8 aromatic rings. The molecule has 0 heterocycles. The molecule has 0 radical (unpaired) electrons. The fourth-order valence-corrected chi connectivity index (χ4v) is 11.4. The Bertz CT molecular complexity index is 3680. The van der Waals surface area contributed by atoms with Gasteiger partial charge < -0.3 is 88.2 Å². The van der Waals surface area contributed by atoms with Crippen LogP contribution >= 0.6 is 0 Å². The Morgan fingerprint density at radius 1 is 0.271 bits per heavy atom. The zero-order chi connectivity index (χ0) is 61.1. The van der Waals surface area contributed by atoms with Gasteiger partial charge in [0.2, 0.25) is 0 Å². The van der Waals surface area contributed by atoms with Crippen LogP contribution in [0, 0.1) is 6.92 Å². The van der Waals surface area contributed by atoms with Crippen molar-refractivity contribution in [2.45, 2.75) is 51.9 Å². The van der Waals surface area contributed by atoms with Gasteiger partial charge in [0.1, 0.15) is 92.0 Å². The summed E-state index contributed by atoms with van der Waals surface area (Å²) in [5.41, 5.74) is 8.81. The molecule has 0 aliphatic rings. The molecule has 0 unspecified atom stereocenters. The first kappa shape index (κ1) is 61.5. The van der Waals surface area contributed by atoms with Crippen LogP contribution in [-0.4, -0.2) is 118 Å². The smallest absolute Gasteiger partial charge is 0.189 e. The minimum absolute atomic E-state index is 0.0171. The molecule has 0 aromatic heterocycles. The molecule has 0 aliphatic carbocycles. The number of hydrogen-bond donors (Lipinski definition) is 8. The van der Waals surface area contributed by atoms with Gasteiger partial charge in [-0.2, -0.15) is 0 Å². The summed E-state index contributed by atoms with van der Waals surface area (Å²) in [6.45, 7) is 2.49. The maximum atomic E-state index is 11.4. The summed E-state index contributed by atoms with van der Waals surface area (Å²) < 4.78 is 58.4. The van der Waals surface area contributed by atoms with Gasteiger partial charge in [-0.25, -0.2) is 0 Å². The van der Waals surface area contributed by atoms with Gasteiger partial charge in [-0.05, 0) is 116 Å². The first-order valence-electron chi connectivity index (χ1n) is 27.1. The summed E-state index contributed by atoms with van der Waals surface area (Å²) in [6, 6.07) is 26.8. The predicted molar refractivity (Wildman–Crippen MR) is 318 cm³/mol. The van der Waals surface area contributed by atoms with Crippen molar-refractivity contribution in [2.75, 3.05) is 76.9 Å². The lowest BCUT2D eigenvalue weighted by atomic mass is 9.91. The Balaban J connectivity index is 1.08. The third kappa shape index (κ3) is 14.5. The fraction of sp³-hybridized carbons (Fsp3) is 0.284. The number of phenols is 8. The van der Waals surface area contributed by atoms with Crippen LogP contribution in [0.4, 0.5) is 0 Å². The van der Waals surface area contributed by atoms with E-state index >= 15 is 0 Å². The van der Waals surface area contributed by atoms with E-state index in [1.807, 2.05) is 6.92 Å². The first-order chi connectivity index (χ1) is 40.9. The number of hydrogen-bond acceptors (Lipinski definition) is 18. The molecule has 8 aromatic carbocycles. The summed E-state index contributed by atoms with van der Waals surface area (Å²) in [5, 5.41) is 88.4. The number of aryl methyl sites for hydroxylation is 1. The number of rotatable bonds is 27. The highest BCUT2D eigenvalue weighted by Crippen LogP contribution is 2.44. The van der Waals surface area contributed by atoms with Gasteiger partial charge in [0.15, 0.2) is 6.79 Å². The highest BCUT2D eigenvalue weighted by atomic mass is 16.7. The molecule has 8 rings (SSSR count). The third-order valence-corrected chi connectivity index (χ3v) is 14.6. The quantitative estimate of drug-likeness (QED) is 0.0176. The molecule has 448 valence electrons. The van der Waals surface area contributed by atoms with Crippen molar-refractivity contribution in [3.63, 3.8) is 0 Å². The first-order valence-corrected chi connectivity index (χ1v) is 27.1. The normalized spacial score (nSPS) is 11.1. The van der Waals surface area contributed by atoms with E-state index in [9.17, 15) is 40.9 Å². The molecule has 0 fully saturated rings. The van der Waals surface area contributed by atoms with Crippen LogP contribution in [-0.2, 0) is 54.4 Å². The van der Waals surface area contributed by atoms with E-state index in [1.54, 1.807) is 111 Å². The standard InChI is InChI=1S/C67H72O18/c1-37-14-53(69)23-39(61(37)77-3)16-41-25-55(71)27-43(63(41)79-5)18-45-29-57(73)31-47(65(45)81-7)20-49-33-59(75)35-51(67(49)83-9)21-50-34-58(74)32-48(66(50)82-8)19-46-30-56(72)28-44(64(46)80-6)17-42-26-54(70)24-40(62(42)78-4)15-38-22-52(68)10-11-60(38)85-36-84-13-12-76-2/h10-11,14,22-35,68-75H,12-13,15-21,36H2,1-9H3. The summed E-state index contributed by atoms with van der Waals surface area (Å²) >= 11 is 0. The number of methoxy groups -OCH3 is 8. The molecule has 8 N–H and O–H groups in total. The highest BCUT2D eigenvalue weighted by Gasteiger charge is 2.25. The lowest BCUT2D eigenvalue weighted by Gasteiger charge is -2.21. The van der Waals surface area contributed by atoms with E-state index in [2.05, 4.69) is 0 Å². The van der Waals surface area contributed by atoms with Gasteiger partial charge >= 0.3 is 0 Å². The molecule has 18 heteroatoms. The van der Waals surface area contributed by atoms with Crippen LogP contribution in [0.1, 0.15) is 83.5 Å². The van der Waals surface area contributed by atoms with E-state index in [0.717, 1.165) is 5.56 Å². The second kappa shape index (κ2) is 27.7. The molecule has 0 aliphatic heterocycles. The number of ether oxygens (including phenoxy) is 10. The van der Waals surface area contributed by atoms with Crippen LogP contribution in [0.25, 0.3) is 0 Å². The van der Waals surface area contributed by atoms with E-state index in [4.69, 9.17) is 47.4 Å². The summed E-state index contributed by atoms with van der Waals surface area (Å²) in [7, 11) is 12.2. The van der Waals surface area contributed by atoms with Crippen molar-refractivity contribution >= 4 is 0 Å². The van der Waals surface area contributed by atoms with Crippen LogP contribution in [0.2, 0.25) is 0 Å². The number of phenolic OH excluding ortho intramolecular Hbond substituents is 8. The summed E-state index contributed by atoms with van der Waals surface area (Å²) in [4.78, 5) is 0. The SMILES string of the molecule is COCCOCOc1ccc(O)cc1Cc1cc(O)cc(Cc2cc(O)cc(Cc3cc(O)cc(Cc4cc(O)cc(Cc5cc(O)cc(Cc6cc(O)cc(Cc7cc(O)cc(C)c7OC)c6OC)c5OC)c4OC)c3OC)c2OC)c1OC. The minimum atomic E-state index is -0.0814. The molecular weight excluding hydrogens is 1090 g/mol. The lowest BCUT2D eigenvalue weighted by molar-refractivity contribution is -0.00885. The molecule has 0 bridgehead atoms. The van der Waals surface area contributed by atoms with Crippen molar-refractivity contribution in [1.82, 2.24) is 0 Å². The molecule has 0 amide bonds. The van der Waals surface area contributed by atoms with Crippen LogP contribution in [0.5, 0.6) is 92.0 Å². The Morgan fingerprint density at radius 3 is 0.765 bits per heavy atom. The van der Waals surface area contributed by atoms with E-state index in [1.165, 1.54) is 48.7 Å². The molecular formula is C67H72O18. The Hall–Kier alpha value is -9.52. The topological polar surface area (TPSA) is 254 Å². The number of benzene rings is 8. The number of aromatic hydroxyl groups is 8. The van der Waals surface area contributed by atoms with Gasteiger partial charge in [-0.15, -0.1) is 0 Å². The van der Waals surface area contributed by atoms with Crippen molar-refractivity contribution < 1.29 is 88.2 Å². The van der Waals surface area contributed by atoms with Gasteiger partial charge in [-0.3, -0.25) is 0 Å². The van der Waals surface area contributed by atoms with Gasteiger partial charge in [0.05, 0.1) is 63.0 Å². The maximum Gasteiger partial charge on any atom is 0.189 e. The second-order valence-corrected chi connectivity index (χ2v) is 20.4. The van der Waals surface area contributed by atoms with Crippen molar-refractivity contribution in [3.8, 4) is 92.0 Å². The second-order valence-electron chi connectivity index (χ2n) is 20.4. The summed E-state index contributed by atoms with van der Waals surface area (Å²) in [6.07, 6.45) is 1.07. The van der Waals surface area contributed by atoms with Crippen molar-refractivity contribution in [1.29, 1.82) is 0 Å². The molecule has 0 saturated carbocycles. The average molecular weight is 1170 g/mol. The van der Waals surface area contributed by atoms with E-state index in [-0.39, 0.29) is 97.7 Å². The van der Waals surface area contributed by atoms with Crippen LogP contribution in [0.15, 0.2) is 103 Å². The monoisotopic (exact) mass is 1160 g/mol. The predicted octanol–water partition coefficient (Wildman–Crippen LogP) is 10.8. The van der Waals surface area contributed by atoms with Gasteiger partial charge in [0.25, 0.3) is 0 Å². The molecule has 0 saturated heterocycles. The fourth-order valence-electron chi connectivity index (χ4n) is 11.4. The molecule has 0 atom stereocenters. The maximum absolute atomic E-state index is 11.4. The lowest BCUT2D eigenvalue weighted by Crippen LogP contribution is -2.09.